The van der Waals surface area contributed by atoms with Gasteiger partial charge in [0.2, 0.25) is 0 Å². The van der Waals surface area contributed by atoms with Crippen LogP contribution in [0.3, 0.4) is 0 Å². The molecule has 0 aromatic heterocycles. The lowest BCUT2D eigenvalue weighted by atomic mass is 9.78. The monoisotopic (exact) mass is 377 g/mol. The Hall–Kier alpha value is -1.95. The molecule has 6 nitrogen and oxygen atoms in total. The average Bonchev–Trinajstić information content (AvgIpc) is 2.65. The summed E-state index contributed by atoms with van der Waals surface area (Å²) < 4.78 is 17.1. The number of aliphatic imine (C=N–C) groups is 1. The minimum Gasteiger partial charge on any atom is -0.493 e. The van der Waals surface area contributed by atoms with Crippen LogP contribution in [-0.2, 0) is 4.74 Å². The zero-order chi connectivity index (χ0) is 19.9. The van der Waals surface area contributed by atoms with E-state index in [1.165, 1.54) is 6.42 Å². The number of hydrogen-bond acceptors (Lipinski definition) is 4. The molecule has 1 aromatic rings. The molecule has 152 valence electrons. The van der Waals surface area contributed by atoms with Crippen molar-refractivity contribution in [1.29, 1.82) is 0 Å². The largest absolute Gasteiger partial charge is 0.493 e. The maximum absolute atomic E-state index is 6.07. The van der Waals surface area contributed by atoms with E-state index in [0.29, 0.717) is 18.3 Å². The molecule has 1 aliphatic rings. The van der Waals surface area contributed by atoms with Crippen LogP contribution in [0.2, 0.25) is 0 Å². The number of rotatable bonds is 6. The predicted octanol–water partition coefficient (Wildman–Crippen LogP) is 3.92. The van der Waals surface area contributed by atoms with Gasteiger partial charge in [-0.05, 0) is 37.3 Å². The molecule has 0 spiro atoms. The Morgan fingerprint density at radius 3 is 2.70 bits per heavy atom. The maximum Gasteiger partial charge on any atom is 0.195 e. The summed E-state index contributed by atoms with van der Waals surface area (Å²) in [6, 6.07) is 5.78. The standard InChI is InChI=1S/C21H35N3O3/c1-7-26-17-11-10-16(13-18(17)25-6)24-20(22-5)23-14-15-9-8-12-27-19(15)21(2,3)4/h10-11,13,15,19H,7-9,12,14H2,1-6H3,(H2,22,23,24). The van der Waals surface area contributed by atoms with Gasteiger partial charge in [-0.1, -0.05) is 20.8 Å². The fraction of sp³-hybridized carbons (Fsp3) is 0.667. The van der Waals surface area contributed by atoms with Crippen molar-refractivity contribution in [2.75, 3.05) is 39.2 Å². The molecule has 6 heteroatoms. The third kappa shape index (κ3) is 6.03. The van der Waals surface area contributed by atoms with Crippen molar-refractivity contribution >= 4 is 11.6 Å². The van der Waals surface area contributed by atoms with E-state index in [-0.39, 0.29) is 11.5 Å². The lowest BCUT2D eigenvalue weighted by Gasteiger charge is -2.40. The molecule has 0 radical (unpaired) electrons. The van der Waals surface area contributed by atoms with Crippen molar-refractivity contribution in [2.24, 2.45) is 16.3 Å². The number of ether oxygens (including phenoxy) is 3. The highest BCUT2D eigenvalue weighted by atomic mass is 16.5. The summed E-state index contributed by atoms with van der Waals surface area (Å²) in [7, 11) is 3.42. The molecule has 1 aliphatic heterocycles. The molecule has 2 atom stereocenters. The van der Waals surface area contributed by atoms with E-state index in [1.807, 2.05) is 25.1 Å². The van der Waals surface area contributed by atoms with Crippen molar-refractivity contribution in [3.05, 3.63) is 18.2 Å². The van der Waals surface area contributed by atoms with Crippen molar-refractivity contribution in [1.82, 2.24) is 5.32 Å². The van der Waals surface area contributed by atoms with Gasteiger partial charge in [0.15, 0.2) is 17.5 Å². The van der Waals surface area contributed by atoms with Gasteiger partial charge in [0, 0.05) is 37.9 Å². The lowest BCUT2D eigenvalue weighted by Crippen LogP contribution is -2.46. The third-order valence-corrected chi connectivity index (χ3v) is 4.78. The number of nitrogens with one attached hydrogen (secondary N) is 2. The van der Waals surface area contributed by atoms with E-state index in [2.05, 4.69) is 36.4 Å². The van der Waals surface area contributed by atoms with E-state index in [9.17, 15) is 0 Å². The molecule has 2 unspecified atom stereocenters. The number of methoxy groups -OCH3 is 1. The molecule has 2 rings (SSSR count). The minimum absolute atomic E-state index is 0.131. The molecule has 1 saturated heterocycles. The van der Waals surface area contributed by atoms with E-state index in [0.717, 1.165) is 37.0 Å². The second kappa shape index (κ2) is 9.83. The summed E-state index contributed by atoms with van der Waals surface area (Å²) in [5.41, 5.74) is 1.03. The first-order valence-electron chi connectivity index (χ1n) is 9.79. The summed E-state index contributed by atoms with van der Waals surface area (Å²) >= 11 is 0. The maximum atomic E-state index is 6.07. The van der Waals surface area contributed by atoms with E-state index in [4.69, 9.17) is 14.2 Å². The third-order valence-electron chi connectivity index (χ3n) is 4.78. The van der Waals surface area contributed by atoms with E-state index in [1.54, 1.807) is 14.2 Å². The van der Waals surface area contributed by atoms with Crippen molar-refractivity contribution in [3.63, 3.8) is 0 Å². The Balaban J connectivity index is 1.99. The van der Waals surface area contributed by atoms with E-state index < -0.39 is 0 Å². The molecule has 0 saturated carbocycles. The van der Waals surface area contributed by atoms with Crippen LogP contribution in [0.1, 0.15) is 40.5 Å². The second-order valence-electron chi connectivity index (χ2n) is 7.94. The topological polar surface area (TPSA) is 64.1 Å². The molecule has 1 fully saturated rings. The Bertz CT molecular complexity index is 626. The number of benzene rings is 1. The zero-order valence-corrected chi connectivity index (χ0v) is 17.6. The minimum atomic E-state index is 0.131. The SMILES string of the molecule is CCOc1ccc(NC(=NC)NCC2CCCOC2C(C)(C)C)cc1OC. The van der Waals surface area contributed by atoms with Gasteiger partial charge in [0.1, 0.15) is 0 Å². The molecular formula is C21H35N3O3. The molecule has 1 aromatic carbocycles. The predicted molar refractivity (Wildman–Crippen MR) is 111 cm³/mol. The van der Waals surface area contributed by atoms with Crippen LogP contribution in [0.25, 0.3) is 0 Å². The highest BCUT2D eigenvalue weighted by Crippen LogP contribution is 2.34. The van der Waals surface area contributed by atoms with Crippen LogP contribution in [0.4, 0.5) is 5.69 Å². The van der Waals surface area contributed by atoms with Crippen LogP contribution in [0, 0.1) is 11.3 Å². The van der Waals surface area contributed by atoms with Gasteiger partial charge in [-0.2, -0.15) is 0 Å². The molecule has 2 N–H and O–H groups in total. The second-order valence-corrected chi connectivity index (χ2v) is 7.94. The molecular weight excluding hydrogens is 342 g/mol. The number of nitrogens with zero attached hydrogens (tertiary/aromatic N) is 1. The molecule has 0 aliphatic carbocycles. The zero-order valence-electron chi connectivity index (χ0n) is 17.6. The Kier molecular flexibility index (Phi) is 7.78. The first kappa shape index (κ1) is 21.4. The van der Waals surface area contributed by atoms with Gasteiger partial charge in [-0.3, -0.25) is 4.99 Å². The summed E-state index contributed by atoms with van der Waals surface area (Å²) in [4.78, 5) is 4.35. The summed E-state index contributed by atoms with van der Waals surface area (Å²) in [5, 5.41) is 6.78. The van der Waals surface area contributed by atoms with Gasteiger partial charge in [0.05, 0.1) is 19.8 Å². The highest BCUT2D eigenvalue weighted by Gasteiger charge is 2.35. The first-order valence-corrected chi connectivity index (χ1v) is 9.79. The van der Waals surface area contributed by atoms with Gasteiger partial charge in [-0.15, -0.1) is 0 Å². The van der Waals surface area contributed by atoms with Crippen LogP contribution in [-0.4, -0.2) is 46.0 Å². The Labute approximate surface area is 163 Å². The van der Waals surface area contributed by atoms with Crippen LogP contribution < -0.4 is 20.1 Å². The normalized spacial score (nSPS) is 20.9. The lowest BCUT2D eigenvalue weighted by molar-refractivity contribution is -0.0835. The van der Waals surface area contributed by atoms with Gasteiger partial charge in [0.25, 0.3) is 0 Å². The van der Waals surface area contributed by atoms with Crippen molar-refractivity contribution < 1.29 is 14.2 Å². The number of guanidine groups is 1. The van der Waals surface area contributed by atoms with E-state index >= 15 is 0 Å². The first-order chi connectivity index (χ1) is 12.9. The number of anilines is 1. The Morgan fingerprint density at radius 1 is 1.30 bits per heavy atom. The van der Waals surface area contributed by atoms with Crippen LogP contribution >= 0.6 is 0 Å². The summed E-state index contributed by atoms with van der Waals surface area (Å²) in [5.74, 6) is 2.64. The fourth-order valence-electron chi connectivity index (χ4n) is 3.57. The smallest absolute Gasteiger partial charge is 0.195 e. The molecule has 1 heterocycles. The molecule has 0 bridgehead atoms. The molecule has 0 amide bonds. The van der Waals surface area contributed by atoms with Gasteiger partial charge in [-0.25, -0.2) is 0 Å². The number of hydrogen-bond donors (Lipinski definition) is 2. The summed E-state index contributed by atoms with van der Waals surface area (Å²) in [6.45, 7) is 11.0. The van der Waals surface area contributed by atoms with Gasteiger partial charge >= 0.3 is 0 Å². The summed E-state index contributed by atoms with van der Waals surface area (Å²) in [6.07, 6.45) is 2.53. The quantitative estimate of drug-likeness (QED) is 0.581. The van der Waals surface area contributed by atoms with Crippen LogP contribution in [0.5, 0.6) is 11.5 Å². The fourth-order valence-corrected chi connectivity index (χ4v) is 3.57. The van der Waals surface area contributed by atoms with Crippen molar-refractivity contribution in [2.45, 2.75) is 46.6 Å². The average molecular weight is 378 g/mol. The van der Waals surface area contributed by atoms with Crippen LogP contribution in [0.15, 0.2) is 23.2 Å². The molecule has 27 heavy (non-hydrogen) atoms. The highest BCUT2D eigenvalue weighted by molar-refractivity contribution is 5.93. The Morgan fingerprint density at radius 2 is 2.07 bits per heavy atom. The van der Waals surface area contributed by atoms with Gasteiger partial charge < -0.3 is 24.8 Å². The van der Waals surface area contributed by atoms with Crippen molar-refractivity contribution in [3.8, 4) is 11.5 Å².